The smallest absolute Gasteiger partial charge is 0.292 e. The monoisotopic (exact) mass is 345 g/mol. The van der Waals surface area contributed by atoms with Gasteiger partial charge in [-0.1, -0.05) is 24.3 Å². The van der Waals surface area contributed by atoms with E-state index < -0.39 is 6.10 Å². The quantitative estimate of drug-likeness (QED) is 0.666. The van der Waals surface area contributed by atoms with E-state index in [4.69, 9.17) is 0 Å². The molecule has 0 aliphatic carbocycles. The van der Waals surface area contributed by atoms with Crippen LogP contribution in [0.1, 0.15) is 11.7 Å². The minimum atomic E-state index is -0.682. The van der Waals surface area contributed by atoms with Gasteiger partial charge in [-0.3, -0.25) is 15.0 Å². The number of para-hydroxylation sites is 2. The predicted octanol–water partition coefficient (Wildman–Crippen LogP) is 2.59. The third kappa shape index (κ3) is 4.12. The number of halogens is 1. The molecular weight excluding hydrogens is 325 g/mol. The summed E-state index contributed by atoms with van der Waals surface area (Å²) in [5.41, 5.74) is 1.43. The lowest BCUT2D eigenvalue weighted by atomic mass is 10.1. The molecule has 132 valence electrons. The van der Waals surface area contributed by atoms with Crippen molar-refractivity contribution in [3.8, 4) is 0 Å². The van der Waals surface area contributed by atoms with E-state index in [-0.39, 0.29) is 16.4 Å². The third-order valence-electron chi connectivity index (χ3n) is 4.48. The maximum Gasteiger partial charge on any atom is 0.292 e. The van der Waals surface area contributed by atoms with Crippen LogP contribution in [0.2, 0.25) is 0 Å². The lowest BCUT2D eigenvalue weighted by molar-refractivity contribution is -0.384. The molecule has 2 aromatic carbocycles. The van der Waals surface area contributed by atoms with Crippen LogP contribution in [0.25, 0.3) is 0 Å². The normalized spacial score (nSPS) is 16.6. The number of nitro benzene ring substituents is 1. The van der Waals surface area contributed by atoms with Crippen LogP contribution >= 0.6 is 0 Å². The Balaban J connectivity index is 1.59. The van der Waals surface area contributed by atoms with Crippen LogP contribution in [0.15, 0.2) is 48.5 Å². The highest BCUT2D eigenvalue weighted by Crippen LogP contribution is 2.28. The van der Waals surface area contributed by atoms with Crippen molar-refractivity contribution in [2.24, 2.45) is 0 Å². The largest absolute Gasteiger partial charge is 0.387 e. The molecule has 1 unspecified atom stereocenters. The lowest BCUT2D eigenvalue weighted by Crippen LogP contribution is -2.47. The van der Waals surface area contributed by atoms with Gasteiger partial charge in [0.05, 0.1) is 11.0 Å². The Hall–Kier alpha value is -2.51. The Morgan fingerprint density at radius 3 is 2.36 bits per heavy atom. The van der Waals surface area contributed by atoms with Gasteiger partial charge in [0.1, 0.15) is 11.5 Å². The summed E-state index contributed by atoms with van der Waals surface area (Å²) < 4.78 is 13.0. The second-order valence-corrected chi connectivity index (χ2v) is 6.10. The first-order chi connectivity index (χ1) is 12.0. The molecule has 1 fully saturated rings. The van der Waals surface area contributed by atoms with E-state index in [0.29, 0.717) is 44.0 Å². The Bertz CT molecular complexity index is 731. The summed E-state index contributed by atoms with van der Waals surface area (Å²) in [5.74, 6) is -0.325. The van der Waals surface area contributed by atoms with Crippen LogP contribution in [0, 0.1) is 15.9 Å². The average Bonchev–Trinajstić information content (AvgIpc) is 2.63. The summed E-state index contributed by atoms with van der Waals surface area (Å²) in [5, 5.41) is 21.5. The van der Waals surface area contributed by atoms with Gasteiger partial charge in [-0.2, -0.15) is 0 Å². The molecule has 0 saturated carbocycles. The van der Waals surface area contributed by atoms with Gasteiger partial charge in [0, 0.05) is 38.8 Å². The summed E-state index contributed by atoms with van der Waals surface area (Å²) in [4.78, 5) is 14.9. The standard InChI is InChI=1S/C18H20FN3O3/c19-15-7-5-14(6-8-15)18(23)13-20-9-11-21(12-10-20)16-3-1-2-4-17(16)22(24)25/h1-8,18,23H,9-13H2. The fourth-order valence-electron chi connectivity index (χ4n) is 3.09. The van der Waals surface area contributed by atoms with E-state index in [0.717, 1.165) is 0 Å². The summed E-state index contributed by atoms with van der Waals surface area (Å²) in [6, 6.07) is 12.6. The molecule has 1 heterocycles. The number of anilines is 1. The first-order valence-corrected chi connectivity index (χ1v) is 8.19. The van der Waals surface area contributed by atoms with Crippen molar-refractivity contribution in [2.75, 3.05) is 37.6 Å². The van der Waals surface area contributed by atoms with E-state index in [9.17, 15) is 19.6 Å². The van der Waals surface area contributed by atoms with Crippen molar-refractivity contribution in [3.63, 3.8) is 0 Å². The lowest BCUT2D eigenvalue weighted by Gasteiger charge is -2.36. The van der Waals surface area contributed by atoms with Crippen molar-refractivity contribution < 1.29 is 14.4 Å². The third-order valence-corrected chi connectivity index (χ3v) is 4.48. The molecule has 1 atom stereocenters. The zero-order valence-corrected chi connectivity index (χ0v) is 13.7. The maximum absolute atomic E-state index is 13.0. The minimum absolute atomic E-state index is 0.113. The van der Waals surface area contributed by atoms with Crippen molar-refractivity contribution in [2.45, 2.75) is 6.10 Å². The molecule has 0 radical (unpaired) electrons. The van der Waals surface area contributed by atoms with E-state index in [2.05, 4.69) is 4.90 Å². The zero-order valence-electron chi connectivity index (χ0n) is 13.7. The Labute approximate surface area is 145 Å². The van der Waals surface area contributed by atoms with Gasteiger partial charge in [0.25, 0.3) is 5.69 Å². The number of β-amino-alcohol motifs (C(OH)–C–C–N with tert-alkyl or cyclic N) is 1. The second kappa shape index (κ2) is 7.58. The highest BCUT2D eigenvalue weighted by atomic mass is 19.1. The van der Waals surface area contributed by atoms with Crippen LogP contribution in [0.4, 0.5) is 15.8 Å². The van der Waals surface area contributed by atoms with Gasteiger partial charge in [0.2, 0.25) is 0 Å². The number of hydrogen-bond acceptors (Lipinski definition) is 5. The van der Waals surface area contributed by atoms with Gasteiger partial charge >= 0.3 is 0 Å². The van der Waals surface area contributed by atoms with Gasteiger partial charge in [-0.15, -0.1) is 0 Å². The van der Waals surface area contributed by atoms with Crippen LogP contribution < -0.4 is 4.90 Å². The summed E-state index contributed by atoms with van der Waals surface area (Å²) >= 11 is 0. The van der Waals surface area contributed by atoms with Crippen molar-refractivity contribution in [1.29, 1.82) is 0 Å². The second-order valence-electron chi connectivity index (χ2n) is 6.10. The molecule has 1 aliphatic heterocycles. The Morgan fingerprint density at radius 1 is 1.08 bits per heavy atom. The van der Waals surface area contributed by atoms with Gasteiger partial charge in [-0.25, -0.2) is 4.39 Å². The SMILES string of the molecule is O=[N+]([O-])c1ccccc1N1CCN(CC(O)c2ccc(F)cc2)CC1. The van der Waals surface area contributed by atoms with E-state index in [1.54, 1.807) is 30.3 Å². The van der Waals surface area contributed by atoms with Crippen LogP contribution in [0.5, 0.6) is 0 Å². The number of nitrogens with zero attached hydrogens (tertiary/aromatic N) is 3. The molecule has 25 heavy (non-hydrogen) atoms. The fourth-order valence-corrected chi connectivity index (χ4v) is 3.09. The van der Waals surface area contributed by atoms with Crippen molar-refractivity contribution in [1.82, 2.24) is 4.90 Å². The topological polar surface area (TPSA) is 69.9 Å². The Kier molecular flexibility index (Phi) is 5.25. The molecule has 2 aromatic rings. The first-order valence-electron chi connectivity index (χ1n) is 8.19. The summed E-state index contributed by atoms with van der Waals surface area (Å²) in [6.07, 6.45) is -0.682. The zero-order chi connectivity index (χ0) is 17.8. The highest BCUT2D eigenvalue weighted by Gasteiger charge is 2.24. The van der Waals surface area contributed by atoms with Crippen LogP contribution in [-0.2, 0) is 0 Å². The molecule has 0 spiro atoms. The number of aliphatic hydroxyl groups excluding tert-OH is 1. The molecule has 0 aromatic heterocycles. The molecule has 7 heteroatoms. The number of benzene rings is 2. The molecule has 0 bridgehead atoms. The number of hydrogen-bond donors (Lipinski definition) is 1. The first kappa shape index (κ1) is 17.3. The summed E-state index contributed by atoms with van der Waals surface area (Å²) in [7, 11) is 0. The average molecular weight is 345 g/mol. The predicted molar refractivity (Wildman–Crippen MR) is 93.1 cm³/mol. The molecule has 1 aliphatic rings. The van der Waals surface area contributed by atoms with E-state index >= 15 is 0 Å². The van der Waals surface area contributed by atoms with E-state index in [1.807, 2.05) is 4.90 Å². The van der Waals surface area contributed by atoms with Crippen LogP contribution in [-0.4, -0.2) is 47.7 Å². The molecule has 0 amide bonds. The molecule has 6 nitrogen and oxygen atoms in total. The number of nitro groups is 1. The summed E-state index contributed by atoms with van der Waals surface area (Å²) in [6.45, 7) is 3.16. The Morgan fingerprint density at radius 2 is 1.72 bits per heavy atom. The van der Waals surface area contributed by atoms with Crippen molar-refractivity contribution in [3.05, 3.63) is 70.0 Å². The van der Waals surface area contributed by atoms with Gasteiger partial charge in [0.15, 0.2) is 0 Å². The molecular formula is C18H20FN3O3. The fraction of sp³-hybridized carbons (Fsp3) is 0.333. The van der Waals surface area contributed by atoms with Gasteiger partial charge in [-0.05, 0) is 23.8 Å². The van der Waals surface area contributed by atoms with E-state index in [1.165, 1.54) is 18.2 Å². The van der Waals surface area contributed by atoms with Crippen LogP contribution in [0.3, 0.4) is 0 Å². The minimum Gasteiger partial charge on any atom is -0.387 e. The number of aliphatic hydroxyl groups is 1. The number of rotatable bonds is 5. The molecule has 3 rings (SSSR count). The molecule has 1 saturated heterocycles. The molecule has 1 N–H and O–H groups in total. The maximum atomic E-state index is 13.0. The van der Waals surface area contributed by atoms with Crippen molar-refractivity contribution >= 4 is 11.4 Å². The number of piperazine rings is 1. The highest BCUT2D eigenvalue weighted by molar-refractivity contribution is 5.63. The van der Waals surface area contributed by atoms with Gasteiger partial charge < -0.3 is 10.0 Å².